The maximum atomic E-state index is 11.5. The van der Waals surface area contributed by atoms with Crippen LogP contribution in [0.4, 0.5) is 0 Å². The Bertz CT molecular complexity index is 636. The van der Waals surface area contributed by atoms with Crippen molar-refractivity contribution in [2.45, 2.75) is 5.60 Å². The van der Waals surface area contributed by atoms with Gasteiger partial charge in [0.15, 0.2) is 6.61 Å². The van der Waals surface area contributed by atoms with Crippen LogP contribution in [-0.2, 0) is 4.79 Å². The molecule has 1 atom stereocenters. The summed E-state index contributed by atoms with van der Waals surface area (Å²) in [6.07, 6.45) is 0. The lowest BCUT2D eigenvalue weighted by molar-refractivity contribution is -0.152. The van der Waals surface area contributed by atoms with Crippen molar-refractivity contribution >= 4 is 5.97 Å². The van der Waals surface area contributed by atoms with Gasteiger partial charge in [-0.05, 0) is 24.3 Å². The Kier molecular flexibility index (Phi) is 4.42. The normalized spacial score (nSPS) is 12.7. The molecular weight excluding hydrogens is 270 g/mol. The lowest BCUT2D eigenvalue weighted by Gasteiger charge is -2.23. The van der Waals surface area contributed by atoms with Gasteiger partial charge in [-0.3, -0.25) is 0 Å². The van der Waals surface area contributed by atoms with Gasteiger partial charge in [-0.2, -0.15) is 5.26 Å². The van der Waals surface area contributed by atoms with E-state index in [9.17, 15) is 15.2 Å². The van der Waals surface area contributed by atoms with E-state index < -0.39 is 18.2 Å². The van der Waals surface area contributed by atoms with Gasteiger partial charge in [0.25, 0.3) is 0 Å². The fourth-order valence-corrected chi connectivity index (χ4v) is 1.63. The molecule has 5 nitrogen and oxygen atoms in total. The number of hydrogen-bond acceptors (Lipinski definition) is 4. The molecule has 5 heteroatoms. The zero-order chi connectivity index (χ0) is 15.1. The van der Waals surface area contributed by atoms with Crippen molar-refractivity contribution in [1.29, 1.82) is 5.26 Å². The van der Waals surface area contributed by atoms with E-state index in [1.165, 1.54) is 0 Å². The molecule has 106 valence electrons. The van der Waals surface area contributed by atoms with Crippen molar-refractivity contribution in [3.8, 4) is 17.6 Å². The Labute approximate surface area is 122 Å². The fraction of sp³-hybridized carbons (Fsp3) is 0.125. The van der Waals surface area contributed by atoms with Crippen molar-refractivity contribution in [2.75, 3.05) is 6.61 Å². The van der Waals surface area contributed by atoms with E-state index in [0.29, 0.717) is 5.75 Å². The summed E-state index contributed by atoms with van der Waals surface area (Å²) >= 11 is 0. The monoisotopic (exact) mass is 283 g/mol. The van der Waals surface area contributed by atoms with Crippen molar-refractivity contribution in [1.82, 2.24) is 0 Å². The first-order valence-electron chi connectivity index (χ1n) is 6.23. The molecule has 0 bridgehead atoms. The van der Waals surface area contributed by atoms with E-state index in [1.807, 2.05) is 6.07 Å². The Hall–Kier alpha value is -3.00. The summed E-state index contributed by atoms with van der Waals surface area (Å²) < 4.78 is 10.7. The van der Waals surface area contributed by atoms with Crippen LogP contribution >= 0.6 is 0 Å². The summed E-state index contributed by atoms with van der Waals surface area (Å²) in [6, 6.07) is 18.7. The zero-order valence-corrected chi connectivity index (χ0v) is 11.1. The van der Waals surface area contributed by atoms with Crippen molar-refractivity contribution in [3.05, 3.63) is 60.7 Å². The second-order valence-electron chi connectivity index (χ2n) is 4.26. The Morgan fingerprint density at radius 2 is 1.57 bits per heavy atom. The number of benzene rings is 2. The van der Waals surface area contributed by atoms with Gasteiger partial charge in [0.2, 0.25) is 0 Å². The van der Waals surface area contributed by atoms with Gasteiger partial charge < -0.3 is 14.6 Å². The van der Waals surface area contributed by atoms with Crippen LogP contribution in [0.5, 0.6) is 11.5 Å². The van der Waals surface area contributed by atoms with Crippen LogP contribution in [0.3, 0.4) is 0 Å². The molecule has 1 N–H and O–H groups in total. The summed E-state index contributed by atoms with van der Waals surface area (Å²) in [5.74, 6) is -0.641. The Balaban J connectivity index is 2.17. The van der Waals surface area contributed by atoms with Crippen LogP contribution < -0.4 is 9.47 Å². The smallest absolute Gasteiger partial charge is 0.367 e. The molecule has 21 heavy (non-hydrogen) atoms. The predicted molar refractivity (Wildman–Crippen MR) is 75.0 cm³/mol. The van der Waals surface area contributed by atoms with Crippen molar-refractivity contribution < 1.29 is 19.4 Å². The minimum Gasteiger partial charge on any atom is -0.488 e. The highest BCUT2D eigenvalue weighted by Crippen LogP contribution is 2.20. The lowest BCUT2D eigenvalue weighted by Crippen LogP contribution is -2.48. The molecule has 0 saturated heterocycles. The third kappa shape index (κ3) is 3.51. The second kappa shape index (κ2) is 6.44. The van der Waals surface area contributed by atoms with Gasteiger partial charge in [-0.15, -0.1) is 0 Å². The molecule has 0 aliphatic carbocycles. The first-order chi connectivity index (χ1) is 10.2. The maximum Gasteiger partial charge on any atom is 0.367 e. The number of aliphatic carboxylic acids is 1. The van der Waals surface area contributed by atoms with Crippen LogP contribution in [0, 0.1) is 11.3 Å². The lowest BCUT2D eigenvalue weighted by atomic mass is 10.1. The molecule has 1 unspecified atom stereocenters. The van der Waals surface area contributed by atoms with Gasteiger partial charge >= 0.3 is 11.6 Å². The number of hydrogen-bond donors (Lipinski definition) is 1. The van der Waals surface area contributed by atoms with Crippen LogP contribution in [0.15, 0.2) is 60.7 Å². The standard InChI is InChI=1S/C16H13NO4/c17-11-16(15(18)19,21-14-9-5-2-6-10-14)12-20-13-7-3-1-4-8-13/h1-10H,12H2,(H,18,19). The molecule has 0 saturated carbocycles. The summed E-state index contributed by atoms with van der Waals surface area (Å²) in [4.78, 5) is 11.5. The van der Waals surface area contributed by atoms with Gasteiger partial charge in [0.05, 0.1) is 0 Å². The zero-order valence-electron chi connectivity index (χ0n) is 11.1. The van der Waals surface area contributed by atoms with Crippen LogP contribution in [0.1, 0.15) is 0 Å². The average Bonchev–Trinajstić information content (AvgIpc) is 2.53. The highest BCUT2D eigenvalue weighted by Gasteiger charge is 2.43. The molecule has 2 rings (SSSR count). The molecule has 0 radical (unpaired) electrons. The highest BCUT2D eigenvalue weighted by molar-refractivity contribution is 5.82. The summed E-state index contributed by atoms with van der Waals surface area (Å²) in [6.45, 7) is -0.419. The number of ether oxygens (including phenoxy) is 2. The fourth-order valence-electron chi connectivity index (χ4n) is 1.63. The van der Waals surface area contributed by atoms with Gasteiger partial charge in [-0.1, -0.05) is 36.4 Å². The quantitative estimate of drug-likeness (QED) is 0.881. The second-order valence-corrected chi connectivity index (χ2v) is 4.26. The third-order valence-electron chi connectivity index (χ3n) is 2.75. The van der Waals surface area contributed by atoms with E-state index in [2.05, 4.69) is 0 Å². The maximum absolute atomic E-state index is 11.5. The Morgan fingerprint density at radius 3 is 2.05 bits per heavy atom. The molecule has 2 aromatic rings. The van der Waals surface area contributed by atoms with E-state index in [0.717, 1.165) is 0 Å². The topological polar surface area (TPSA) is 79.5 Å². The number of carboxylic acid groups (broad SMARTS) is 1. The number of nitrogens with zero attached hydrogens (tertiary/aromatic N) is 1. The SMILES string of the molecule is N#CC(COc1ccccc1)(Oc1ccccc1)C(=O)O. The molecule has 2 aromatic carbocycles. The molecule has 0 aliphatic rings. The van der Waals surface area contributed by atoms with E-state index in [-0.39, 0.29) is 5.75 Å². The minimum atomic E-state index is -2.10. The molecule has 0 heterocycles. The van der Waals surface area contributed by atoms with Crippen molar-refractivity contribution in [2.24, 2.45) is 0 Å². The average molecular weight is 283 g/mol. The third-order valence-corrected chi connectivity index (χ3v) is 2.75. The predicted octanol–water partition coefficient (Wildman–Crippen LogP) is 2.49. The number of rotatable bonds is 6. The molecule has 0 spiro atoms. The summed E-state index contributed by atoms with van der Waals surface area (Å²) in [5, 5.41) is 18.6. The number of carboxylic acids is 1. The number of para-hydroxylation sites is 2. The van der Waals surface area contributed by atoms with Crippen LogP contribution in [-0.4, -0.2) is 23.3 Å². The van der Waals surface area contributed by atoms with Crippen LogP contribution in [0.2, 0.25) is 0 Å². The summed E-state index contributed by atoms with van der Waals surface area (Å²) in [7, 11) is 0. The molecular formula is C16H13NO4. The minimum absolute atomic E-state index is 0.290. The first-order valence-corrected chi connectivity index (χ1v) is 6.23. The Morgan fingerprint density at radius 1 is 1.05 bits per heavy atom. The van der Waals surface area contributed by atoms with Gasteiger partial charge in [0.1, 0.15) is 17.6 Å². The molecule has 0 aliphatic heterocycles. The van der Waals surface area contributed by atoms with E-state index in [1.54, 1.807) is 60.7 Å². The molecule has 0 amide bonds. The number of carbonyl (C=O) groups is 1. The summed E-state index contributed by atoms with van der Waals surface area (Å²) in [5.41, 5.74) is -2.10. The van der Waals surface area contributed by atoms with Crippen molar-refractivity contribution in [3.63, 3.8) is 0 Å². The van der Waals surface area contributed by atoms with Gasteiger partial charge in [-0.25, -0.2) is 4.79 Å². The van der Waals surface area contributed by atoms with Gasteiger partial charge in [0, 0.05) is 0 Å². The first kappa shape index (κ1) is 14.4. The van der Waals surface area contributed by atoms with E-state index >= 15 is 0 Å². The molecule has 0 fully saturated rings. The van der Waals surface area contributed by atoms with Crippen LogP contribution in [0.25, 0.3) is 0 Å². The largest absolute Gasteiger partial charge is 0.488 e. The highest BCUT2D eigenvalue weighted by atomic mass is 16.6. The number of nitriles is 1. The van der Waals surface area contributed by atoms with E-state index in [4.69, 9.17) is 9.47 Å². The molecule has 0 aromatic heterocycles.